The first kappa shape index (κ1) is 10.4. The summed E-state index contributed by atoms with van der Waals surface area (Å²) in [6, 6.07) is 6.41. The van der Waals surface area contributed by atoms with E-state index in [1.165, 1.54) is 12.1 Å². The third-order valence-corrected chi connectivity index (χ3v) is 1.56. The Balaban J connectivity index is 2.38. The fourth-order valence-electron chi connectivity index (χ4n) is 0.894. The van der Waals surface area contributed by atoms with Gasteiger partial charge >= 0.3 is 6.16 Å². The van der Waals surface area contributed by atoms with Gasteiger partial charge in [-0.05, 0) is 24.6 Å². The summed E-state index contributed by atoms with van der Waals surface area (Å²) in [5.41, 5.74) is 0.802. The van der Waals surface area contributed by atoms with Crippen molar-refractivity contribution in [2.45, 2.75) is 13.5 Å². The quantitative estimate of drug-likeness (QED) is 0.752. The van der Waals surface area contributed by atoms with Gasteiger partial charge in [0.2, 0.25) is 0 Å². The minimum absolute atomic E-state index is 0.152. The van der Waals surface area contributed by atoms with E-state index in [1.54, 1.807) is 19.1 Å². The standard InChI is InChI=1S/C10H12O4/c1-2-13-10(12)14-7-8-3-5-9(11)6-4-8/h3-6,11H,2,7H2,1H3. The fourth-order valence-corrected chi connectivity index (χ4v) is 0.894. The van der Waals surface area contributed by atoms with Gasteiger partial charge in [0, 0.05) is 0 Å². The molecule has 0 aliphatic rings. The minimum atomic E-state index is -0.680. The van der Waals surface area contributed by atoms with Gasteiger partial charge in [0.05, 0.1) is 6.61 Å². The molecule has 0 aliphatic heterocycles. The summed E-state index contributed by atoms with van der Waals surface area (Å²) in [6.07, 6.45) is -0.680. The highest BCUT2D eigenvalue weighted by Gasteiger charge is 2.02. The number of phenolic OH excluding ortho intramolecular Hbond substituents is 1. The zero-order valence-electron chi connectivity index (χ0n) is 7.90. The molecule has 0 heterocycles. The second-order valence-corrected chi connectivity index (χ2v) is 2.64. The zero-order chi connectivity index (χ0) is 10.4. The van der Waals surface area contributed by atoms with Crippen molar-refractivity contribution < 1.29 is 19.4 Å². The Bertz CT molecular complexity index is 291. The van der Waals surface area contributed by atoms with Crippen LogP contribution < -0.4 is 0 Å². The van der Waals surface area contributed by atoms with E-state index in [1.807, 2.05) is 0 Å². The van der Waals surface area contributed by atoms with Crippen molar-refractivity contribution in [2.75, 3.05) is 6.61 Å². The van der Waals surface area contributed by atoms with Crippen molar-refractivity contribution >= 4 is 6.16 Å². The summed E-state index contributed by atoms with van der Waals surface area (Å²) in [4.78, 5) is 10.8. The van der Waals surface area contributed by atoms with Crippen LogP contribution in [0.2, 0.25) is 0 Å². The van der Waals surface area contributed by atoms with E-state index in [2.05, 4.69) is 4.74 Å². The van der Waals surface area contributed by atoms with E-state index in [-0.39, 0.29) is 12.4 Å². The van der Waals surface area contributed by atoms with E-state index in [9.17, 15) is 4.79 Å². The first-order chi connectivity index (χ1) is 6.72. The average Bonchev–Trinajstić information content (AvgIpc) is 2.17. The summed E-state index contributed by atoms with van der Waals surface area (Å²) in [6.45, 7) is 2.16. The molecule has 1 rings (SSSR count). The van der Waals surface area contributed by atoms with Crippen LogP contribution in [-0.4, -0.2) is 17.9 Å². The highest BCUT2D eigenvalue weighted by molar-refractivity contribution is 5.59. The third kappa shape index (κ3) is 3.35. The number of rotatable bonds is 3. The monoisotopic (exact) mass is 196 g/mol. The SMILES string of the molecule is CCOC(=O)OCc1ccc(O)cc1. The predicted molar refractivity (Wildman–Crippen MR) is 49.9 cm³/mol. The minimum Gasteiger partial charge on any atom is -0.508 e. The molecule has 0 fully saturated rings. The lowest BCUT2D eigenvalue weighted by molar-refractivity contribution is 0.0536. The summed E-state index contributed by atoms with van der Waals surface area (Å²) in [7, 11) is 0. The number of phenols is 1. The molecule has 0 amide bonds. The number of aromatic hydroxyl groups is 1. The molecule has 0 saturated carbocycles. The summed E-state index contributed by atoms with van der Waals surface area (Å²) >= 11 is 0. The van der Waals surface area contributed by atoms with Crippen molar-refractivity contribution in [2.24, 2.45) is 0 Å². The molecule has 0 aromatic heterocycles. The van der Waals surface area contributed by atoms with Crippen molar-refractivity contribution in [1.29, 1.82) is 0 Å². The molecule has 1 N–H and O–H groups in total. The van der Waals surface area contributed by atoms with Crippen LogP contribution in [0.25, 0.3) is 0 Å². The molecule has 0 saturated heterocycles. The van der Waals surface area contributed by atoms with Crippen LogP contribution in [-0.2, 0) is 16.1 Å². The Morgan fingerprint density at radius 2 is 1.93 bits per heavy atom. The summed E-state index contributed by atoms with van der Waals surface area (Å²) < 4.78 is 9.34. The molecule has 0 spiro atoms. The van der Waals surface area contributed by atoms with Crippen LogP contribution in [0.1, 0.15) is 12.5 Å². The molecule has 0 radical (unpaired) electrons. The lowest BCUT2D eigenvalue weighted by atomic mass is 10.2. The number of hydrogen-bond donors (Lipinski definition) is 1. The van der Waals surface area contributed by atoms with Crippen molar-refractivity contribution in [3.8, 4) is 5.75 Å². The summed E-state index contributed by atoms with van der Waals surface area (Å²) in [5.74, 6) is 0.185. The largest absolute Gasteiger partial charge is 0.508 e. The van der Waals surface area contributed by atoms with Crippen molar-refractivity contribution in [3.63, 3.8) is 0 Å². The maximum atomic E-state index is 10.8. The molecule has 0 aliphatic carbocycles. The summed E-state index contributed by atoms with van der Waals surface area (Å²) in [5, 5.41) is 8.99. The van der Waals surface area contributed by atoms with Gasteiger partial charge in [-0.15, -0.1) is 0 Å². The first-order valence-electron chi connectivity index (χ1n) is 4.30. The smallest absolute Gasteiger partial charge is 0.508 e. The Morgan fingerprint density at radius 1 is 1.29 bits per heavy atom. The van der Waals surface area contributed by atoms with Gasteiger partial charge in [0.1, 0.15) is 12.4 Å². The van der Waals surface area contributed by atoms with Crippen LogP contribution >= 0.6 is 0 Å². The van der Waals surface area contributed by atoms with E-state index in [0.29, 0.717) is 6.61 Å². The molecule has 1 aromatic rings. The average molecular weight is 196 g/mol. The van der Waals surface area contributed by atoms with Crippen LogP contribution in [0.3, 0.4) is 0 Å². The highest BCUT2D eigenvalue weighted by atomic mass is 16.7. The van der Waals surface area contributed by atoms with Gasteiger partial charge < -0.3 is 14.6 Å². The lowest BCUT2D eigenvalue weighted by Crippen LogP contribution is -2.06. The van der Waals surface area contributed by atoms with Gasteiger partial charge in [0.25, 0.3) is 0 Å². The third-order valence-electron chi connectivity index (χ3n) is 1.56. The van der Waals surface area contributed by atoms with Crippen LogP contribution in [0.5, 0.6) is 5.75 Å². The zero-order valence-corrected chi connectivity index (χ0v) is 7.90. The van der Waals surface area contributed by atoms with Gasteiger partial charge in [-0.2, -0.15) is 0 Å². The normalized spacial score (nSPS) is 9.50. The lowest BCUT2D eigenvalue weighted by Gasteiger charge is -2.04. The van der Waals surface area contributed by atoms with Crippen LogP contribution in [0.4, 0.5) is 4.79 Å². The van der Waals surface area contributed by atoms with Gasteiger partial charge in [0.15, 0.2) is 0 Å². The molecule has 0 bridgehead atoms. The number of hydrogen-bond acceptors (Lipinski definition) is 4. The molecule has 76 valence electrons. The molecule has 4 heteroatoms. The fraction of sp³-hybridized carbons (Fsp3) is 0.300. The Kier molecular flexibility index (Phi) is 3.79. The molecule has 0 atom stereocenters. The second kappa shape index (κ2) is 5.11. The van der Waals surface area contributed by atoms with Gasteiger partial charge in [-0.1, -0.05) is 12.1 Å². The number of carbonyl (C=O) groups is 1. The van der Waals surface area contributed by atoms with Crippen molar-refractivity contribution in [3.05, 3.63) is 29.8 Å². The molecular weight excluding hydrogens is 184 g/mol. The van der Waals surface area contributed by atoms with E-state index in [0.717, 1.165) is 5.56 Å². The van der Waals surface area contributed by atoms with E-state index < -0.39 is 6.16 Å². The topological polar surface area (TPSA) is 55.8 Å². The maximum absolute atomic E-state index is 10.8. The first-order valence-corrected chi connectivity index (χ1v) is 4.30. The second-order valence-electron chi connectivity index (χ2n) is 2.64. The molecule has 1 aromatic carbocycles. The van der Waals surface area contributed by atoms with Crippen LogP contribution in [0.15, 0.2) is 24.3 Å². The van der Waals surface area contributed by atoms with E-state index >= 15 is 0 Å². The Hall–Kier alpha value is -1.71. The van der Waals surface area contributed by atoms with E-state index in [4.69, 9.17) is 9.84 Å². The molecule has 0 unspecified atom stereocenters. The van der Waals surface area contributed by atoms with Crippen LogP contribution in [0, 0.1) is 0 Å². The van der Waals surface area contributed by atoms with Crippen molar-refractivity contribution in [1.82, 2.24) is 0 Å². The predicted octanol–water partition coefficient (Wildman–Crippen LogP) is 2.07. The Labute approximate surface area is 82.1 Å². The van der Waals surface area contributed by atoms with Gasteiger partial charge in [-0.25, -0.2) is 4.79 Å². The number of carbonyl (C=O) groups excluding carboxylic acids is 1. The number of benzene rings is 1. The molecule has 14 heavy (non-hydrogen) atoms. The Morgan fingerprint density at radius 3 is 2.50 bits per heavy atom. The molecule has 4 nitrogen and oxygen atoms in total. The number of ether oxygens (including phenoxy) is 2. The molecular formula is C10H12O4. The highest BCUT2D eigenvalue weighted by Crippen LogP contribution is 2.10. The van der Waals surface area contributed by atoms with Gasteiger partial charge in [-0.3, -0.25) is 0 Å². The maximum Gasteiger partial charge on any atom is 0.508 e.